The van der Waals surface area contributed by atoms with Gasteiger partial charge in [0.2, 0.25) is 0 Å². The lowest BCUT2D eigenvalue weighted by Gasteiger charge is -2.25. The van der Waals surface area contributed by atoms with Crippen LogP contribution in [0.15, 0.2) is 52.7 Å². The molecule has 13 heteroatoms. The first-order chi connectivity index (χ1) is 16.0. The van der Waals surface area contributed by atoms with Crippen LogP contribution in [0.1, 0.15) is 11.1 Å². The fourth-order valence-corrected chi connectivity index (χ4v) is 4.34. The van der Waals surface area contributed by atoms with Crippen molar-refractivity contribution < 1.29 is 13.3 Å². The third-order valence-electron chi connectivity index (χ3n) is 5.11. The monoisotopic (exact) mass is 484 g/mol. The number of aromatic nitrogens is 2. The molecule has 0 aliphatic carbocycles. The molecule has 3 aromatic rings. The van der Waals surface area contributed by atoms with Crippen LogP contribution in [-0.2, 0) is 10.0 Å². The standard InChI is InChI=1S/C21H24N8O4S/c1-25(2)9-10-26(3)19-6-5-18(29(30)31)12-21(19)34(32,33)27(4)23-14-17-15-24-28-8-7-16(13-22)11-20(17)28/h5-8,11-12,14-15H,9-10H2,1-4H3/b23-14-. The van der Waals surface area contributed by atoms with E-state index in [0.717, 1.165) is 10.5 Å². The number of likely N-dealkylation sites (N-methyl/N-ethyl adjacent to an activating group) is 2. The lowest BCUT2D eigenvalue weighted by Crippen LogP contribution is -2.31. The molecule has 0 saturated heterocycles. The molecular weight excluding hydrogens is 460 g/mol. The van der Waals surface area contributed by atoms with Crippen molar-refractivity contribution >= 4 is 33.1 Å². The van der Waals surface area contributed by atoms with Crippen molar-refractivity contribution in [1.82, 2.24) is 18.9 Å². The average molecular weight is 485 g/mol. The second kappa shape index (κ2) is 9.86. The molecule has 0 fully saturated rings. The zero-order valence-corrected chi connectivity index (χ0v) is 20.0. The molecule has 0 aliphatic rings. The van der Waals surface area contributed by atoms with E-state index < -0.39 is 14.9 Å². The van der Waals surface area contributed by atoms with Crippen molar-refractivity contribution in [3.8, 4) is 6.07 Å². The summed E-state index contributed by atoms with van der Waals surface area (Å²) < 4.78 is 29.1. The molecule has 34 heavy (non-hydrogen) atoms. The Morgan fingerprint density at radius 2 is 1.94 bits per heavy atom. The van der Waals surface area contributed by atoms with Crippen LogP contribution >= 0.6 is 0 Å². The van der Waals surface area contributed by atoms with Crippen LogP contribution < -0.4 is 4.90 Å². The van der Waals surface area contributed by atoms with Gasteiger partial charge in [0.1, 0.15) is 4.90 Å². The largest absolute Gasteiger partial charge is 0.372 e. The van der Waals surface area contributed by atoms with Gasteiger partial charge in [-0.05, 0) is 32.3 Å². The maximum Gasteiger partial charge on any atom is 0.281 e. The lowest BCUT2D eigenvalue weighted by atomic mass is 10.2. The Hall–Kier alpha value is -4.02. The summed E-state index contributed by atoms with van der Waals surface area (Å²) in [4.78, 5) is 14.1. The van der Waals surface area contributed by atoms with E-state index in [1.54, 1.807) is 30.3 Å². The van der Waals surface area contributed by atoms with Gasteiger partial charge < -0.3 is 9.80 Å². The highest BCUT2D eigenvalue weighted by Gasteiger charge is 2.27. The molecule has 2 heterocycles. The Bertz CT molecular complexity index is 1390. The molecule has 0 bridgehead atoms. The van der Waals surface area contributed by atoms with Gasteiger partial charge in [-0.1, -0.05) is 0 Å². The third kappa shape index (κ3) is 5.13. The van der Waals surface area contributed by atoms with Crippen molar-refractivity contribution in [3.05, 3.63) is 64.0 Å². The molecule has 2 aromatic heterocycles. The Kier molecular flexibility index (Phi) is 7.14. The SMILES string of the molecule is CN(C)CCN(C)c1ccc([N+](=O)[O-])cc1S(=O)(=O)N(C)/N=C\c1cnn2ccc(C#N)cc12. The number of hydrogen-bond acceptors (Lipinski definition) is 9. The molecule has 0 saturated carbocycles. The van der Waals surface area contributed by atoms with E-state index in [1.807, 2.05) is 25.1 Å². The van der Waals surface area contributed by atoms with E-state index >= 15 is 0 Å². The minimum Gasteiger partial charge on any atom is -0.372 e. The predicted molar refractivity (Wildman–Crippen MR) is 127 cm³/mol. The van der Waals surface area contributed by atoms with Gasteiger partial charge in [0.15, 0.2) is 0 Å². The highest BCUT2D eigenvalue weighted by Crippen LogP contribution is 2.31. The lowest BCUT2D eigenvalue weighted by molar-refractivity contribution is -0.385. The number of anilines is 1. The third-order valence-corrected chi connectivity index (χ3v) is 6.79. The van der Waals surface area contributed by atoms with Crippen LogP contribution in [0.4, 0.5) is 11.4 Å². The van der Waals surface area contributed by atoms with Gasteiger partial charge in [-0.2, -0.15) is 28.3 Å². The first kappa shape index (κ1) is 24.6. The quantitative estimate of drug-likeness (QED) is 0.254. The highest BCUT2D eigenvalue weighted by atomic mass is 32.2. The van der Waals surface area contributed by atoms with E-state index in [1.165, 1.54) is 36.1 Å². The summed E-state index contributed by atoms with van der Waals surface area (Å²) in [6.07, 6.45) is 4.42. The summed E-state index contributed by atoms with van der Waals surface area (Å²) in [5, 5.41) is 28.7. The zero-order valence-electron chi connectivity index (χ0n) is 19.2. The number of benzene rings is 1. The van der Waals surface area contributed by atoms with Crippen LogP contribution in [0.2, 0.25) is 0 Å². The molecular formula is C21H24N8O4S. The second-order valence-electron chi connectivity index (χ2n) is 7.77. The number of sulfonamides is 1. The number of hydrazone groups is 1. The summed E-state index contributed by atoms with van der Waals surface area (Å²) >= 11 is 0. The molecule has 0 radical (unpaired) electrons. The van der Waals surface area contributed by atoms with Gasteiger partial charge in [0.05, 0.1) is 40.2 Å². The molecule has 0 amide bonds. The summed E-state index contributed by atoms with van der Waals surface area (Å²) in [6, 6.07) is 8.99. The van der Waals surface area contributed by atoms with Gasteiger partial charge in [-0.25, -0.2) is 4.52 Å². The number of pyridine rings is 1. The Morgan fingerprint density at radius 1 is 1.21 bits per heavy atom. The van der Waals surface area contributed by atoms with Crippen LogP contribution in [0, 0.1) is 21.4 Å². The molecule has 3 rings (SSSR count). The van der Waals surface area contributed by atoms with Crippen molar-refractivity contribution in [1.29, 1.82) is 5.26 Å². The molecule has 12 nitrogen and oxygen atoms in total. The number of nitrogens with zero attached hydrogens (tertiary/aromatic N) is 8. The van der Waals surface area contributed by atoms with Crippen molar-refractivity contribution in [2.75, 3.05) is 46.2 Å². The second-order valence-corrected chi connectivity index (χ2v) is 9.69. The summed E-state index contributed by atoms with van der Waals surface area (Å²) in [5.74, 6) is 0. The molecule has 0 N–H and O–H groups in total. The maximum atomic E-state index is 13.4. The summed E-state index contributed by atoms with van der Waals surface area (Å²) in [7, 11) is 2.52. The number of nitro groups is 1. The van der Waals surface area contributed by atoms with E-state index in [9.17, 15) is 18.5 Å². The average Bonchev–Trinajstić information content (AvgIpc) is 3.22. The van der Waals surface area contributed by atoms with Gasteiger partial charge >= 0.3 is 0 Å². The first-order valence-electron chi connectivity index (χ1n) is 10.1. The maximum absolute atomic E-state index is 13.4. The summed E-state index contributed by atoms with van der Waals surface area (Å²) in [5.41, 5.74) is 1.48. The molecule has 178 valence electrons. The van der Waals surface area contributed by atoms with E-state index in [2.05, 4.69) is 10.2 Å². The van der Waals surface area contributed by atoms with Crippen molar-refractivity contribution in [3.63, 3.8) is 0 Å². The molecule has 0 atom stereocenters. The topological polar surface area (TPSA) is 140 Å². The number of non-ortho nitro benzene ring substituents is 1. The Labute approximate surface area is 197 Å². The van der Waals surface area contributed by atoms with E-state index in [0.29, 0.717) is 35.4 Å². The van der Waals surface area contributed by atoms with E-state index in [4.69, 9.17) is 5.26 Å². The van der Waals surface area contributed by atoms with E-state index in [-0.39, 0.29) is 10.6 Å². The van der Waals surface area contributed by atoms with Crippen molar-refractivity contribution in [2.45, 2.75) is 4.90 Å². The van der Waals surface area contributed by atoms with Crippen LogP contribution in [0.3, 0.4) is 0 Å². The molecule has 0 spiro atoms. The minimum atomic E-state index is -4.23. The fraction of sp³-hybridized carbons (Fsp3) is 0.286. The Morgan fingerprint density at radius 3 is 2.59 bits per heavy atom. The van der Waals surface area contributed by atoms with Crippen LogP contribution in [-0.4, -0.2) is 79.8 Å². The van der Waals surface area contributed by atoms with Gasteiger partial charge in [-0.3, -0.25) is 10.1 Å². The predicted octanol–water partition coefficient (Wildman–Crippen LogP) is 1.77. The smallest absolute Gasteiger partial charge is 0.281 e. The summed E-state index contributed by atoms with van der Waals surface area (Å²) in [6.45, 7) is 1.16. The number of rotatable bonds is 9. The van der Waals surface area contributed by atoms with Gasteiger partial charge in [0.25, 0.3) is 15.7 Å². The van der Waals surface area contributed by atoms with Crippen LogP contribution in [0.5, 0.6) is 0 Å². The fourth-order valence-electron chi connectivity index (χ4n) is 3.13. The molecule has 1 aromatic carbocycles. The van der Waals surface area contributed by atoms with Crippen LogP contribution in [0.25, 0.3) is 5.52 Å². The number of hydrogen-bond donors (Lipinski definition) is 0. The first-order valence-corrected chi connectivity index (χ1v) is 11.5. The Balaban J connectivity index is 1.99. The highest BCUT2D eigenvalue weighted by molar-refractivity contribution is 7.89. The number of fused-ring (bicyclic) bond motifs is 1. The zero-order chi connectivity index (χ0) is 25.0. The number of nitriles is 1. The normalized spacial score (nSPS) is 11.8. The van der Waals surface area contributed by atoms with Crippen molar-refractivity contribution in [2.24, 2.45) is 5.10 Å². The molecule has 0 unspecified atom stereocenters. The van der Waals surface area contributed by atoms with Gasteiger partial charge in [0, 0.05) is 51.1 Å². The minimum absolute atomic E-state index is 0.228. The molecule has 0 aliphatic heterocycles. The number of nitro benzene ring substituents is 1. The van der Waals surface area contributed by atoms with Gasteiger partial charge in [-0.15, -0.1) is 0 Å².